The van der Waals surface area contributed by atoms with Crippen LogP contribution in [0.2, 0.25) is 0 Å². The second kappa shape index (κ2) is 9.44. The topological polar surface area (TPSA) is 67.8 Å². The first-order chi connectivity index (χ1) is 8.83. The van der Waals surface area contributed by atoms with Crippen LogP contribution in [0.3, 0.4) is 0 Å². The summed E-state index contributed by atoms with van der Waals surface area (Å²) in [4.78, 5) is 11.3. The van der Waals surface area contributed by atoms with Gasteiger partial charge >= 0.3 is 6.09 Å². The fraction of sp³-hybridized carbons (Fsp3) is 0.462. The predicted molar refractivity (Wildman–Crippen MR) is 67.2 cm³/mol. The molecule has 0 aromatic heterocycles. The minimum Gasteiger partial charge on any atom is -0.445 e. The molecular formula is C13H19NO4. The molecule has 0 aliphatic heterocycles. The molecule has 1 amide bonds. The second-order valence-electron chi connectivity index (χ2n) is 3.68. The van der Waals surface area contributed by atoms with Crippen LogP contribution in [0.1, 0.15) is 12.0 Å². The van der Waals surface area contributed by atoms with Crippen molar-refractivity contribution in [2.75, 3.05) is 26.4 Å². The third-order valence-corrected chi connectivity index (χ3v) is 2.18. The summed E-state index contributed by atoms with van der Waals surface area (Å²) < 4.78 is 10.1. The lowest BCUT2D eigenvalue weighted by atomic mass is 10.2. The number of benzene rings is 1. The van der Waals surface area contributed by atoms with E-state index >= 15 is 0 Å². The standard InChI is InChI=1S/C13H19NO4/c15-8-10-17-9-4-7-14-13(16)18-11-12-5-2-1-3-6-12/h1-3,5-6,15H,4,7-11H2,(H,14,16). The number of alkyl carbamates (subject to hydrolysis) is 1. The number of rotatable bonds is 8. The number of carbonyl (C=O) groups is 1. The Kier molecular flexibility index (Phi) is 7.59. The van der Waals surface area contributed by atoms with Crippen molar-refractivity contribution in [1.82, 2.24) is 5.32 Å². The van der Waals surface area contributed by atoms with E-state index in [9.17, 15) is 4.79 Å². The molecule has 0 saturated carbocycles. The van der Waals surface area contributed by atoms with E-state index in [1.165, 1.54) is 0 Å². The predicted octanol–water partition coefficient (Wildman–Crippen LogP) is 1.31. The van der Waals surface area contributed by atoms with Crippen LogP contribution in [0, 0.1) is 0 Å². The molecule has 5 nitrogen and oxygen atoms in total. The molecule has 0 fully saturated rings. The SMILES string of the molecule is O=C(NCCCOCCO)OCc1ccccc1. The van der Waals surface area contributed by atoms with Gasteiger partial charge in [-0.2, -0.15) is 0 Å². The van der Waals surface area contributed by atoms with Crippen molar-refractivity contribution in [3.05, 3.63) is 35.9 Å². The summed E-state index contributed by atoms with van der Waals surface area (Å²) in [5, 5.41) is 11.1. The summed E-state index contributed by atoms with van der Waals surface area (Å²) in [7, 11) is 0. The van der Waals surface area contributed by atoms with Gasteiger partial charge in [-0.15, -0.1) is 0 Å². The highest BCUT2D eigenvalue weighted by atomic mass is 16.5. The molecule has 0 heterocycles. The van der Waals surface area contributed by atoms with Crippen LogP contribution in [-0.4, -0.2) is 37.6 Å². The van der Waals surface area contributed by atoms with Gasteiger partial charge in [-0.3, -0.25) is 0 Å². The molecule has 0 spiro atoms. The molecule has 1 aromatic rings. The van der Waals surface area contributed by atoms with Gasteiger partial charge in [0.1, 0.15) is 6.61 Å². The molecule has 0 radical (unpaired) electrons. The Labute approximate surface area is 107 Å². The summed E-state index contributed by atoms with van der Waals surface area (Å²) in [5.41, 5.74) is 0.957. The molecule has 5 heteroatoms. The van der Waals surface area contributed by atoms with Crippen molar-refractivity contribution in [2.45, 2.75) is 13.0 Å². The van der Waals surface area contributed by atoms with Gasteiger partial charge in [-0.1, -0.05) is 30.3 Å². The van der Waals surface area contributed by atoms with Gasteiger partial charge in [0, 0.05) is 13.2 Å². The molecule has 0 atom stereocenters. The Morgan fingerprint density at radius 3 is 2.72 bits per heavy atom. The maximum atomic E-state index is 11.3. The Bertz CT molecular complexity index is 329. The average Bonchev–Trinajstić information content (AvgIpc) is 2.41. The van der Waals surface area contributed by atoms with Crippen molar-refractivity contribution in [1.29, 1.82) is 0 Å². The van der Waals surface area contributed by atoms with Crippen molar-refractivity contribution in [3.63, 3.8) is 0 Å². The molecule has 0 saturated heterocycles. The van der Waals surface area contributed by atoms with E-state index in [-0.39, 0.29) is 13.2 Å². The number of aliphatic hydroxyl groups excluding tert-OH is 1. The van der Waals surface area contributed by atoms with Crippen LogP contribution in [0.5, 0.6) is 0 Å². The zero-order valence-corrected chi connectivity index (χ0v) is 10.3. The summed E-state index contributed by atoms with van der Waals surface area (Å²) in [6.45, 7) is 1.64. The van der Waals surface area contributed by atoms with Gasteiger partial charge in [0.15, 0.2) is 0 Å². The number of hydrogen-bond acceptors (Lipinski definition) is 4. The highest BCUT2D eigenvalue weighted by Crippen LogP contribution is 2.00. The summed E-state index contributed by atoms with van der Waals surface area (Å²) >= 11 is 0. The lowest BCUT2D eigenvalue weighted by molar-refractivity contribution is 0.0897. The van der Waals surface area contributed by atoms with Gasteiger partial charge in [-0.25, -0.2) is 4.79 Å². The molecule has 1 rings (SSSR count). The smallest absolute Gasteiger partial charge is 0.407 e. The van der Waals surface area contributed by atoms with E-state index in [0.717, 1.165) is 5.56 Å². The number of aliphatic hydroxyl groups is 1. The minimum absolute atomic E-state index is 0.0204. The highest BCUT2D eigenvalue weighted by molar-refractivity contribution is 5.67. The first kappa shape index (κ1) is 14.5. The highest BCUT2D eigenvalue weighted by Gasteiger charge is 2.01. The van der Waals surface area contributed by atoms with Crippen molar-refractivity contribution < 1.29 is 19.4 Å². The third-order valence-electron chi connectivity index (χ3n) is 2.18. The van der Waals surface area contributed by atoms with Crippen LogP contribution in [-0.2, 0) is 16.1 Å². The van der Waals surface area contributed by atoms with E-state index in [0.29, 0.717) is 26.2 Å². The number of ether oxygens (including phenoxy) is 2. The molecule has 1 aromatic carbocycles. The van der Waals surface area contributed by atoms with E-state index in [4.69, 9.17) is 14.6 Å². The van der Waals surface area contributed by atoms with Crippen LogP contribution < -0.4 is 5.32 Å². The Morgan fingerprint density at radius 2 is 2.00 bits per heavy atom. The van der Waals surface area contributed by atoms with E-state index in [2.05, 4.69) is 5.32 Å². The van der Waals surface area contributed by atoms with Gasteiger partial charge in [0.05, 0.1) is 13.2 Å². The number of nitrogens with one attached hydrogen (secondary N) is 1. The molecule has 0 aliphatic rings. The van der Waals surface area contributed by atoms with Crippen LogP contribution in [0.25, 0.3) is 0 Å². The zero-order chi connectivity index (χ0) is 13.1. The van der Waals surface area contributed by atoms with Gasteiger partial charge in [0.25, 0.3) is 0 Å². The van der Waals surface area contributed by atoms with Gasteiger partial charge < -0.3 is 19.9 Å². The van der Waals surface area contributed by atoms with Crippen LogP contribution in [0.15, 0.2) is 30.3 Å². The monoisotopic (exact) mass is 253 g/mol. The van der Waals surface area contributed by atoms with Crippen molar-refractivity contribution >= 4 is 6.09 Å². The van der Waals surface area contributed by atoms with E-state index < -0.39 is 6.09 Å². The zero-order valence-electron chi connectivity index (χ0n) is 10.3. The fourth-order valence-electron chi connectivity index (χ4n) is 1.31. The number of carbonyl (C=O) groups excluding carboxylic acids is 1. The first-order valence-electron chi connectivity index (χ1n) is 5.96. The van der Waals surface area contributed by atoms with Crippen LogP contribution >= 0.6 is 0 Å². The van der Waals surface area contributed by atoms with E-state index in [1.807, 2.05) is 30.3 Å². The van der Waals surface area contributed by atoms with Crippen molar-refractivity contribution in [3.8, 4) is 0 Å². The molecule has 0 bridgehead atoms. The summed E-state index contributed by atoms with van der Waals surface area (Å²) in [6.07, 6.45) is 0.265. The summed E-state index contributed by atoms with van der Waals surface area (Å²) in [6, 6.07) is 9.51. The van der Waals surface area contributed by atoms with E-state index in [1.54, 1.807) is 0 Å². The maximum absolute atomic E-state index is 11.3. The molecular weight excluding hydrogens is 234 g/mol. The normalized spacial score (nSPS) is 10.1. The number of hydrogen-bond donors (Lipinski definition) is 2. The largest absolute Gasteiger partial charge is 0.445 e. The van der Waals surface area contributed by atoms with Crippen LogP contribution in [0.4, 0.5) is 4.79 Å². The first-order valence-corrected chi connectivity index (χ1v) is 5.96. The Morgan fingerprint density at radius 1 is 1.22 bits per heavy atom. The van der Waals surface area contributed by atoms with Crippen molar-refractivity contribution in [2.24, 2.45) is 0 Å². The Balaban J connectivity index is 2.01. The molecule has 2 N–H and O–H groups in total. The molecule has 0 unspecified atom stereocenters. The third kappa shape index (κ3) is 6.88. The Hall–Kier alpha value is -1.59. The number of amides is 1. The average molecular weight is 253 g/mol. The van der Waals surface area contributed by atoms with Gasteiger partial charge in [-0.05, 0) is 12.0 Å². The quantitative estimate of drug-likeness (QED) is 0.685. The lowest BCUT2D eigenvalue weighted by Gasteiger charge is -2.07. The molecule has 0 aliphatic carbocycles. The molecule has 18 heavy (non-hydrogen) atoms. The minimum atomic E-state index is -0.430. The van der Waals surface area contributed by atoms with Gasteiger partial charge in [0.2, 0.25) is 0 Å². The molecule has 100 valence electrons. The second-order valence-corrected chi connectivity index (χ2v) is 3.68. The lowest BCUT2D eigenvalue weighted by Crippen LogP contribution is -2.26. The fourth-order valence-corrected chi connectivity index (χ4v) is 1.31. The maximum Gasteiger partial charge on any atom is 0.407 e. The summed E-state index contributed by atoms with van der Waals surface area (Å²) in [5.74, 6) is 0.